The van der Waals surface area contributed by atoms with Gasteiger partial charge in [-0.15, -0.1) is 0 Å². The molecular formula is C24H22O7. The minimum absolute atomic E-state index is 0.0634. The standard InChI is InChI=1S/C24H22O7/c1-13(25)28-23-17-10-6-4-8-15(17)19-12-22(27)24(29-14(2)26,21(23,3)30-19)18-11-7-5-9-16(18)20(23)31-22/h4-11,19-20,27H,12H2,1-3H3/t19-,20-,21-,22-,23+,24-/m0/s1. The number of esters is 2. The molecule has 31 heavy (non-hydrogen) atoms. The van der Waals surface area contributed by atoms with Gasteiger partial charge in [0.2, 0.25) is 17.0 Å². The Labute approximate surface area is 178 Å². The largest absolute Gasteiger partial charge is 0.448 e. The average molecular weight is 422 g/mol. The fourth-order valence-electron chi connectivity index (χ4n) is 6.55. The normalized spacial score (nSPS) is 40.6. The number of rotatable bonds is 2. The molecule has 0 radical (unpaired) electrons. The van der Waals surface area contributed by atoms with E-state index in [0.29, 0.717) is 11.1 Å². The van der Waals surface area contributed by atoms with Crippen LogP contribution in [0.3, 0.4) is 0 Å². The molecule has 2 aromatic carbocycles. The molecule has 0 amide bonds. The average Bonchev–Trinajstić information content (AvgIpc) is 2.71. The molecule has 0 spiro atoms. The van der Waals surface area contributed by atoms with Gasteiger partial charge >= 0.3 is 11.9 Å². The zero-order valence-corrected chi connectivity index (χ0v) is 17.4. The quantitative estimate of drug-likeness (QED) is 0.744. The number of hydrogen-bond acceptors (Lipinski definition) is 7. The van der Waals surface area contributed by atoms with Crippen molar-refractivity contribution in [2.24, 2.45) is 0 Å². The van der Waals surface area contributed by atoms with Crippen molar-refractivity contribution in [2.45, 2.75) is 62.0 Å². The van der Waals surface area contributed by atoms with Crippen molar-refractivity contribution < 1.29 is 33.6 Å². The lowest BCUT2D eigenvalue weighted by Crippen LogP contribution is -2.86. The minimum atomic E-state index is -1.87. The summed E-state index contributed by atoms with van der Waals surface area (Å²) >= 11 is 0. The van der Waals surface area contributed by atoms with E-state index in [1.807, 2.05) is 48.5 Å². The maximum atomic E-state index is 12.5. The molecule has 1 aliphatic carbocycles. The fraction of sp³-hybridized carbons (Fsp3) is 0.417. The number of fused-ring (bicyclic) bond motifs is 3. The van der Waals surface area contributed by atoms with Crippen LogP contribution in [0.25, 0.3) is 0 Å². The highest BCUT2D eigenvalue weighted by Gasteiger charge is 2.88. The van der Waals surface area contributed by atoms with Crippen LogP contribution in [0.5, 0.6) is 0 Å². The summed E-state index contributed by atoms with van der Waals surface area (Å²) in [7, 11) is 0. The molecule has 7 rings (SSSR count). The molecule has 2 aromatic rings. The topological polar surface area (TPSA) is 91.3 Å². The third-order valence-corrected chi connectivity index (χ3v) is 7.38. The van der Waals surface area contributed by atoms with Crippen LogP contribution in [0.2, 0.25) is 0 Å². The number of hydrogen-bond donors (Lipinski definition) is 1. The van der Waals surface area contributed by atoms with Gasteiger partial charge in [0.25, 0.3) is 0 Å². The van der Waals surface area contributed by atoms with E-state index in [1.165, 1.54) is 13.8 Å². The number of ether oxygens (including phenoxy) is 4. The second-order valence-electron chi connectivity index (χ2n) is 8.90. The SMILES string of the molecule is CC(=O)O[C@]12c3ccccc3[C@@H]3O[C@@]1(O)C[C@@H]1O[C@@]2(C)[C@@]3(OC(C)=O)c2ccccc21. The lowest BCUT2D eigenvalue weighted by molar-refractivity contribution is -0.502. The Morgan fingerprint density at radius 2 is 1.55 bits per heavy atom. The van der Waals surface area contributed by atoms with Gasteiger partial charge in [0.15, 0.2) is 5.60 Å². The Morgan fingerprint density at radius 3 is 2.23 bits per heavy atom. The van der Waals surface area contributed by atoms with Gasteiger partial charge < -0.3 is 24.1 Å². The molecule has 5 aliphatic rings. The zero-order chi connectivity index (χ0) is 21.8. The van der Waals surface area contributed by atoms with Crippen LogP contribution < -0.4 is 0 Å². The smallest absolute Gasteiger partial charge is 0.303 e. The molecule has 0 aromatic heterocycles. The van der Waals surface area contributed by atoms with E-state index in [2.05, 4.69) is 0 Å². The van der Waals surface area contributed by atoms with E-state index >= 15 is 0 Å². The van der Waals surface area contributed by atoms with Gasteiger partial charge in [0, 0.05) is 31.4 Å². The first-order chi connectivity index (χ1) is 14.7. The Balaban J connectivity index is 1.81. The molecule has 0 unspecified atom stereocenters. The Hall–Kier alpha value is -2.74. The van der Waals surface area contributed by atoms with E-state index in [4.69, 9.17) is 18.9 Å². The molecule has 2 fully saturated rings. The van der Waals surface area contributed by atoms with Crippen LogP contribution >= 0.6 is 0 Å². The summed E-state index contributed by atoms with van der Waals surface area (Å²) in [6.07, 6.45) is -1.32. The first-order valence-corrected chi connectivity index (χ1v) is 10.4. The zero-order valence-electron chi connectivity index (χ0n) is 17.4. The predicted molar refractivity (Wildman–Crippen MR) is 105 cm³/mol. The summed E-state index contributed by atoms with van der Waals surface area (Å²) in [4.78, 5) is 24.9. The molecular weight excluding hydrogens is 400 g/mol. The Kier molecular flexibility index (Phi) is 3.39. The molecule has 5 bridgehead atoms. The minimum Gasteiger partial charge on any atom is -0.448 e. The van der Waals surface area contributed by atoms with Crippen LogP contribution in [-0.2, 0) is 39.7 Å². The van der Waals surface area contributed by atoms with Crippen LogP contribution in [0.15, 0.2) is 48.5 Å². The Bertz CT molecular complexity index is 1160. The molecule has 2 saturated heterocycles. The third-order valence-electron chi connectivity index (χ3n) is 7.38. The van der Waals surface area contributed by atoms with Crippen molar-refractivity contribution in [1.29, 1.82) is 0 Å². The van der Waals surface area contributed by atoms with Crippen LogP contribution in [-0.4, -0.2) is 28.4 Å². The van der Waals surface area contributed by atoms with E-state index in [-0.39, 0.29) is 6.42 Å². The highest BCUT2D eigenvalue weighted by Crippen LogP contribution is 2.77. The summed E-state index contributed by atoms with van der Waals surface area (Å²) in [5.74, 6) is -3.00. The molecule has 160 valence electrons. The van der Waals surface area contributed by atoms with Gasteiger partial charge in [-0.2, -0.15) is 0 Å². The maximum Gasteiger partial charge on any atom is 0.303 e. The van der Waals surface area contributed by atoms with Gasteiger partial charge in [-0.3, -0.25) is 9.59 Å². The molecule has 1 N–H and O–H groups in total. The number of carbonyl (C=O) groups is 2. The van der Waals surface area contributed by atoms with Crippen molar-refractivity contribution in [1.82, 2.24) is 0 Å². The van der Waals surface area contributed by atoms with E-state index in [1.54, 1.807) is 6.92 Å². The monoisotopic (exact) mass is 422 g/mol. The first-order valence-electron chi connectivity index (χ1n) is 10.4. The highest BCUT2D eigenvalue weighted by atomic mass is 16.7. The van der Waals surface area contributed by atoms with Crippen LogP contribution in [0, 0.1) is 0 Å². The third kappa shape index (κ3) is 1.84. The molecule has 6 atom stereocenters. The molecule has 0 saturated carbocycles. The van der Waals surface area contributed by atoms with Gasteiger partial charge in [-0.05, 0) is 18.1 Å². The van der Waals surface area contributed by atoms with Crippen molar-refractivity contribution in [2.75, 3.05) is 0 Å². The van der Waals surface area contributed by atoms with Gasteiger partial charge in [0.05, 0.1) is 6.10 Å². The highest BCUT2D eigenvalue weighted by molar-refractivity contribution is 5.71. The summed E-state index contributed by atoms with van der Waals surface area (Å²) in [5, 5.41) is 12.0. The maximum absolute atomic E-state index is 12.5. The van der Waals surface area contributed by atoms with Crippen molar-refractivity contribution >= 4 is 11.9 Å². The molecule has 4 aliphatic heterocycles. The van der Waals surface area contributed by atoms with E-state index in [9.17, 15) is 14.7 Å². The molecule has 4 heterocycles. The lowest BCUT2D eigenvalue weighted by atomic mass is 9.48. The van der Waals surface area contributed by atoms with Crippen molar-refractivity contribution in [3.8, 4) is 0 Å². The summed E-state index contributed by atoms with van der Waals surface area (Å²) < 4.78 is 25.1. The van der Waals surface area contributed by atoms with E-state index in [0.717, 1.165) is 11.1 Å². The van der Waals surface area contributed by atoms with Gasteiger partial charge in [-0.1, -0.05) is 48.5 Å². The number of benzene rings is 2. The lowest BCUT2D eigenvalue weighted by Gasteiger charge is -2.74. The second-order valence-corrected chi connectivity index (χ2v) is 8.90. The summed E-state index contributed by atoms with van der Waals surface area (Å²) in [5.41, 5.74) is -1.80. The fourth-order valence-corrected chi connectivity index (χ4v) is 6.55. The molecule has 7 heteroatoms. The second kappa shape index (κ2) is 5.54. The number of carbonyl (C=O) groups excluding carboxylic acids is 2. The van der Waals surface area contributed by atoms with E-state index < -0.39 is 46.7 Å². The van der Waals surface area contributed by atoms with Crippen molar-refractivity contribution in [3.63, 3.8) is 0 Å². The van der Waals surface area contributed by atoms with Crippen LogP contribution in [0.1, 0.15) is 61.7 Å². The number of aliphatic hydroxyl groups is 1. The predicted octanol–water partition coefficient (Wildman–Crippen LogP) is 2.91. The molecule has 7 nitrogen and oxygen atoms in total. The summed E-state index contributed by atoms with van der Waals surface area (Å²) in [6, 6.07) is 14.9. The Morgan fingerprint density at radius 1 is 0.935 bits per heavy atom. The van der Waals surface area contributed by atoms with Gasteiger partial charge in [0.1, 0.15) is 6.10 Å². The van der Waals surface area contributed by atoms with Crippen molar-refractivity contribution in [3.05, 3.63) is 70.8 Å². The van der Waals surface area contributed by atoms with Gasteiger partial charge in [-0.25, -0.2) is 0 Å². The summed E-state index contributed by atoms with van der Waals surface area (Å²) in [6.45, 7) is 4.36. The first kappa shape index (κ1) is 19.0. The van der Waals surface area contributed by atoms with Crippen LogP contribution in [0.4, 0.5) is 0 Å².